The van der Waals surface area contributed by atoms with E-state index in [0.717, 1.165) is 30.0 Å². The fourth-order valence-corrected chi connectivity index (χ4v) is 3.85. The molecule has 17 heavy (non-hydrogen) atoms. The van der Waals surface area contributed by atoms with Crippen molar-refractivity contribution in [2.24, 2.45) is 5.92 Å². The number of thioether (sulfide) groups is 1. The lowest BCUT2D eigenvalue weighted by atomic mass is 9.91. The molecule has 1 aromatic heterocycles. The Balaban J connectivity index is 1.51. The number of nitrogens with one attached hydrogen (secondary N) is 1. The Morgan fingerprint density at radius 1 is 1.47 bits per heavy atom. The van der Waals surface area contributed by atoms with Crippen LogP contribution in [-0.2, 0) is 6.54 Å². The third kappa shape index (κ3) is 4.76. The summed E-state index contributed by atoms with van der Waals surface area (Å²) in [6.45, 7) is 4.33. The molecule has 1 N–H and O–H groups in total. The summed E-state index contributed by atoms with van der Waals surface area (Å²) >= 11 is 2.15. The zero-order chi connectivity index (χ0) is 11.9. The number of hydrogen-bond donors (Lipinski definition) is 1. The maximum Gasteiger partial charge on any atom is 0.117 e. The van der Waals surface area contributed by atoms with Crippen LogP contribution in [0.4, 0.5) is 0 Å². The SMILES string of the molecule is CC1CCCC(SCCNCc2ccco2)C1. The molecule has 1 aromatic rings. The molecule has 2 unspecified atom stereocenters. The van der Waals surface area contributed by atoms with Gasteiger partial charge in [0, 0.05) is 17.5 Å². The van der Waals surface area contributed by atoms with Crippen LogP contribution in [0.1, 0.15) is 38.4 Å². The molecule has 2 rings (SSSR count). The van der Waals surface area contributed by atoms with Gasteiger partial charge < -0.3 is 9.73 Å². The molecule has 2 nitrogen and oxygen atoms in total. The second-order valence-electron chi connectivity index (χ2n) is 5.02. The Morgan fingerprint density at radius 3 is 3.18 bits per heavy atom. The minimum Gasteiger partial charge on any atom is -0.468 e. The zero-order valence-corrected chi connectivity index (χ0v) is 11.5. The van der Waals surface area contributed by atoms with Crippen LogP contribution in [0.25, 0.3) is 0 Å². The van der Waals surface area contributed by atoms with Crippen molar-refractivity contribution in [1.29, 1.82) is 0 Å². The van der Waals surface area contributed by atoms with Gasteiger partial charge in [-0.15, -0.1) is 0 Å². The Hall–Kier alpha value is -0.410. The van der Waals surface area contributed by atoms with Crippen LogP contribution in [0, 0.1) is 5.92 Å². The first-order chi connectivity index (χ1) is 8.34. The molecule has 96 valence electrons. The van der Waals surface area contributed by atoms with Crippen molar-refractivity contribution in [2.45, 2.75) is 44.4 Å². The molecule has 1 saturated carbocycles. The minimum atomic E-state index is 0.856. The Bertz CT molecular complexity index is 299. The normalized spacial score (nSPS) is 25.0. The van der Waals surface area contributed by atoms with E-state index in [4.69, 9.17) is 4.42 Å². The van der Waals surface area contributed by atoms with Crippen LogP contribution >= 0.6 is 11.8 Å². The Labute approximate surface area is 109 Å². The van der Waals surface area contributed by atoms with Gasteiger partial charge >= 0.3 is 0 Å². The molecular weight excluding hydrogens is 230 g/mol. The lowest BCUT2D eigenvalue weighted by molar-refractivity contribution is 0.394. The van der Waals surface area contributed by atoms with Gasteiger partial charge in [-0.25, -0.2) is 0 Å². The first kappa shape index (κ1) is 13.0. The van der Waals surface area contributed by atoms with Crippen LogP contribution in [0.3, 0.4) is 0 Å². The van der Waals surface area contributed by atoms with Crippen molar-refractivity contribution in [2.75, 3.05) is 12.3 Å². The van der Waals surface area contributed by atoms with Crippen molar-refractivity contribution < 1.29 is 4.42 Å². The predicted molar refractivity (Wildman–Crippen MR) is 74.3 cm³/mol. The second kappa shape index (κ2) is 7.12. The van der Waals surface area contributed by atoms with E-state index in [1.807, 2.05) is 12.1 Å². The molecule has 1 aliphatic carbocycles. The summed E-state index contributed by atoms with van der Waals surface area (Å²) < 4.78 is 5.27. The van der Waals surface area contributed by atoms with Gasteiger partial charge in [-0.05, 0) is 30.9 Å². The maximum absolute atomic E-state index is 5.27. The van der Waals surface area contributed by atoms with Gasteiger partial charge in [0.05, 0.1) is 12.8 Å². The lowest BCUT2D eigenvalue weighted by Crippen LogP contribution is -2.20. The van der Waals surface area contributed by atoms with E-state index >= 15 is 0 Å². The fraction of sp³-hybridized carbons (Fsp3) is 0.714. The fourth-order valence-electron chi connectivity index (χ4n) is 2.45. The van der Waals surface area contributed by atoms with E-state index in [-0.39, 0.29) is 0 Å². The first-order valence-corrected chi connectivity index (χ1v) is 7.74. The van der Waals surface area contributed by atoms with Crippen LogP contribution in [0.5, 0.6) is 0 Å². The van der Waals surface area contributed by atoms with Crippen LogP contribution in [-0.4, -0.2) is 17.5 Å². The van der Waals surface area contributed by atoms with E-state index in [0.29, 0.717) is 0 Å². The molecule has 0 radical (unpaired) electrons. The monoisotopic (exact) mass is 253 g/mol. The van der Waals surface area contributed by atoms with Gasteiger partial charge in [-0.2, -0.15) is 11.8 Å². The third-order valence-electron chi connectivity index (χ3n) is 3.40. The van der Waals surface area contributed by atoms with Crippen molar-refractivity contribution >= 4 is 11.8 Å². The lowest BCUT2D eigenvalue weighted by Gasteiger charge is -2.26. The summed E-state index contributed by atoms with van der Waals surface area (Å²) in [5, 5.41) is 4.33. The number of furan rings is 1. The summed E-state index contributed by atoms with van der Waals surface area (Å²) in [4.78, 5) is 0. The van der Waals surface area contributed by atoms with Crippen LogP contribution in [0.2, 0.25) is 0 Å². The van der Waals surface area contributed by atoms with Gasteiger partial charge in [0.1, 0.15) is 5.76 Å². The van der Waals surface area contributed by atoms with Gasteiger partial charge in [0.25, 0.3) is 0 Å². The third-order valence-corrected chi connectivity index (χ3v) is 4.74. The molecule has 0 saturated heterocycles. The van der Waals surface area contributed by atoms with E-state index in [1.165, 1.54) is 31.4 Å². The van der Waals surface area contributed by atoms with Crippen molar-refractivity contribution in [3.8, 4) is 0 Å². The molecular formula is C14H23NOS. The van der Waals surface area contributed by atoms with Gasteiger partial charge in [0.2, 0.25) is 0 Å². The highest BCUT2D eigenvalue weighted by Gasteiger charge is 2.18. The van der Waals surface area contributed by atoms with Crippen LogP contribution in [0.15, 0.2) is 22.8 Å². The molecule has 0 bridgehead atoms. The number of rotatable bonds is 6. The summed E-state index contributed by atoms with van der Waals surface area (Å²) in [6, 6.07) is 3.96. The highest BCUT2D eigenvalue weighted by Crippen LogP contribution is 2.31. The predicted octanol–water partition coefficient (Wildman–Crippen LogP) is 3.68. The summed E-state index contributed by atoms with van der Waals surface area (Å²) in [7, 11) is 0. The average Bonchev–Trinajstić information content (AvgIpc) is 2.82. The standard InChI is InChI=1S/C14H23NOS/c1-12-4-2-6-14(10-12)17-9-7-15-11-13-5-3-8-16-13/h3,5,8,12,14-15H,2,4,6-7,9-11H2,1H3. The highest BCUT2D eigenvalue weighted by atomic mass is 32.2. The average molecular weight is 253 g/mol. The quantitative estimate of drug-likeness (QED) is 0.783. The van der Waals surface area contributed by atoms with E-state index in [9.17, 15) is 0 Å². The van der Waals surface area contributed by atoms with Gasteiger partial charge in [-0.1, -0.05) is 19.8 Å². The van der Waals surface area contributed by atoms with Gasteiger partial charge in [0.15, 0.2) is 0 Å². The topological polar surface area (TPSA) is 25.2 Å². The largest absolute Gasteiger partial charge is 0.468 e. The maximum atomic E-state index is 5.27. The summed E-state index contributed by atoms with van der Waals surface area (Å²) in [5.41, 5.74) is 0. The molecule has 3 heteroatoms. The summed E-state index contributed by atoms with van der Waals surface area (Å²) in [6.07, 6.45) is 7.44. The van der Waals surface area contributed by atoms with Crippen molar-refractivity contribution in [3.63, 3.8) is 0 Å². The molecule has 0 aromatic carbocycles. The van der Waals surface area contributed by atoms with E-state index in [2.05, 4.69) is 24.0 Å². The summed E-state index contributed by atoms with van der Waals surface area (Å²) in [5.74, 6) is 3.19. The van der Waals surface area contributed by atoms with Gasteiger partial charge in [-0.3, -0.25) is 0 Å². The molecule has 0 aliphatic heterocycles. The first-order valence-electron chi connectivity index (χ1n) is 6.69. The molecule has 2 atom stereocenters. The van der Waals surface area contributed by atoms with E-state index < -0.39 is 0 Å². The molecule has 1 fully saturated rings. The smallest absolute Gasteiger partial charge is 0.117 e. The highest BCUT2D eigenvalue weighted by molar-refractivity contribution is 7.99. The molecule has 0 spiro atoms. The Morgan fingerprint density at radius 2 is 2.41 bits per heavy atom. The molecule has 1 heterocycles. The zero-order valence-electron chi connectivity index (χ0n) is 10.7. The second-order valence-corrected chi connectivity index (χ2v) is 6.43. The van der Waals surface area contributed by atoms with Crippen molar-refractivity contribution in [1.82, 2.24) is 5.32 Å². The van der Waals surface area contributed by atoms with E-state index in [1.54, 1.807) is 6.26 Å². The Kier molecular flexibility index (Phi) is 5.46. The molecule has 0 amide bonds. The minimum absolute atomic E-state index is 0.856. The van der Waals surface area contributed by atoms with Crippen LogP contribution < -0.4 is 5.32 Å². The van der Waals surface area contributed by atoms with Crippen molar-refractivity contribution in [3.05, 3.63) is 24.2 Å². The number of hydrogen-bond acceptors (Lipinski definition) is 3. The molecule has 1 aliphatic rings.